The van der Waals surface area contributed by atoms with Gasteiger partial charge < -0.3 is 10.1 Å². The first-order valence-corrected chi connectivity index (χ1v) is 6.26. The van der Waals surface area contributed by atoms with Crippen molar-refractivity contribution in [2.75, 3.05) is 13.7 Å². The van der Waals surface area contributed by atoms with Crippen LogP contribution in [-0.2, 0) is 9.53 Å². The maximum Gasteiger partial charge on any atom is 0.321 e. The molecule has 0 radical (unpaired) electrons. The van der Waals surface area contributed by atoms with E-state index in [0.29, 0.717) is 10.6 Å². The van der Waals surface area contributed by atoms with E-state index < -0.39 is 10.8 Å². The number of rotatable bonds is 4. The number of alkyl halides is 1. The summed E-state index contributed by atoms with van der Waals surface area (Å²) in [6.07, 6.45) is 0. The maximum atomic E-state index is 11.6. The number of carbonyl (C=O) groups is 2. The Balaban J connectivity index is 2.48. The molecule has 1 heterocycles. The number of methoxy groups -OCH3 is 1. The highest BCUT2D eigenvalue weighted by Crippen LogP contribution is 2.11. The lowest BCUT2D eigenvalue weighted by molar-refractivity contribution is -0.139. The monoisotopic (exact) mass is 306 g/mol. The summed E-state index contributed by atoms with van der Waals surface area (Å²) in [6.45, 7) is 1.94. The number of carbonyl (C=O) groups excluding carboxylic acids is 2. The summed E-state index contributed by atoms with van der Waals surface area (Å²) in [7, 11) is 1.30. The Kier molecular flexibility index (Phi) is 4.88. The fraction of sp³-hybridized carbons (Fsp3) is 0.444. The summed E-state index contributed by atoms with van der Waals surface area (Å²) in [5.41, 5.74) is 2.29. The van der Waals surface area contributed by atoms with Gasteiger partial charge in [0.2, 0.25) is 0 Å². The highest BCUT2D eigenvalue weighted by atomic mass is 79.9. The standard InChI is InChI=1S/C9H11BrN2O3S/c1-5-7(16-4-12-5)8(13)11-3-6(10)9(14)15-2/h4,6H,3H2,1-2H3,(H,11,13). The molecule has 16 heavy (non-hydrogen) atoms. The molecule has 0 saturated heterocycles. The third-order valence-corrected chi connectivity index (χ3v) is 3.48. The lowest BCUT2D eigenvalue weighted by Crippen LogP contribution is -2.33. The number of nitrogens with zero attached hydrogens (tertiary/aromatic N) is 1. The second-order valence-electron chi connectivity index (χ2n) is 2.97. The van der Waals surface area contributed by atoms with Gasteiger partial charge in [-0.2, -0.15) is 0 Å². The summed E-state index contributed by atoms with van der Waals surface area (Å²) in [4.78, 5) is 26.7. The number of amides is 1. The molecular weight excluding hydrogens is 296 g/mol. The molecule has 1 aromatic heterocycles. The van der Waals surface area contributed by atoms with E-state index in [2.05, 4.69) is 31.0 Å². The second kappa shape index (κ2) is 5.95. The maximum absolute atomic E-state index is 11.6. The van der Waals surface area contributed by atoms with Gasteiger partial charge in [0, 0.05) is 6.54 Å². The van der Waals surface area contributed by atoms with E-state index in [9.17, 15) is 9.59 Å². The minimum atomic E-state index is -0.533. The molecule has 0 aliphatic carbocycles. The van der Waals surface area contributed by atoms with E-state index >= 15 is 0 Å². The fourth-order valence-corrected chi connectivity index (χ4v) is 2.06. The lowest BCUT2D eigenvalue weighted by atomic mass is 10.3. The summed E-state index contributed by atoms with van der Waals surface area (Å²) in [6, 6.07) is 0. The van der Waals surface area contributed by atoms with Crippen LogP contribution in [0.15, 0.2) is 5.51 Å². The molecule has 0 spiro atoms. The van der Waals surface area contributed by atoms with Gasteiger partial charge in [-0.15, -0.1) is 11.3 Å². The van der Waals surface area contributed by atoms with E-state index in [1.54, 1.807) is 12.4 Å². The first kappa shape index (κ1) is 13.1. The van der Waals surface area contributed by atoms with Crippen LogP contribution in [0, 0.1) is 6.92 Å². The smallest absolute Gasteiger partial charge is 0.321 e. The molecule has 0 aliphatic rings. The van der Waals surface area contributed by atoms with Gasteiger partial charge in [0.1, 0.15) is 9.70 Å². The highest BCUT2D eigenvalue weighted by Gasteiger charge is 2.18. The molecule has 0 aromatic carbocycles. The van der Waals surface area contributed by atoms with Crippen LogP contribution in [0.25, 0.3) is 0 Å². The number of halogens is 1. The molecule has 88 valence electrons. The Morgan fingerprint density at radius 1 is 1.69 bits per heavy atom. The molecule has 1 aromatic rings. The first-order chi connectivity index (χ1) is 7.56. The predicted octanol–water partition coefficient (Wildman–Crippen LogP) is 1.12. The zero-order valence-electron chi connectivity index (χ0n) is 8.82. The van der Waals surface area contributed by atoms with Gasteiger partial charge in [0.15, 0.2) is 0 Å². The van der Waals surface area contributed by atoms with Crippen molar-refractivity contribution in [3.8, 4) is 0 Å². The van der Waals surface area contributed by atoms with Gasteiger partial charge in [-0.25, -0.2) is 4.98 Å². The minimum absolute atomic E-state index is 0.183. The second-order valence-corrected chi connectivity index (χ2v) is 4.93. The number of nitrogens with one attached hydrogen (secondary N) is 1. The van der Waals surface area contributed by atoms with Crippen LogP contribution in [-0.4, -0.2) is 35.3 Å². The van der Waals surface area contributed by atoms with E-state index in [-0.39, 0.29) is 12.5 Å². The van der Waals surface area contributed by atoms with Gasteiger partial charge in [0.25, 0.3) is 5.91 Å². The quantitative estimate of drug-likeness (QED) is 0.668. The number of hydrogen-bond acceptors (Lipinski definition) is 5. The normalized spacial score (nSPS) is 11.9. The molecule has 1 unspecified atom stereocenters. The van der Waals surface area contributed by atoms with Crippen LogP contribution in [0.1, 0.15) is 15.4 Å². The van der Waals surface area contributed by atoms with E-state index in [1.807, 2.05) is 0 Å². The lowest BCUT2D eigenvalue weighted by Gasteiger charge is -2.08. The third-order valence-electron chi connectivity index (χ3n) is 1.85. The Morgan fingerprint density at radius 2 is 2.38 bits per heavy atom. The number of esters is 1. The molecule has 5 nitrogen and oxygen atoms in total. The molecule has 1 rings (SSSR count). The largest absolute Gasteiger partial charge is 0.468 e. The molecule has 1 N–H and O–H groups in total. The van der Waals surface area contributed by atoms with Crippen LogP contribution >= 0.6 is 27.3 Å². The van der Waals surface area contributed by atoms with Crippen molar-refractivity contribution >= 4 is 39.1 Å². The van der Waals surface area contributed by atoms with Crippen molar-refractivity contribution < 1.29 is 14.3 Å². The summed E-state index contributed by atoms with van der Waals surface area (Å²) in [5, 5.41) is 2.62. The highest BCUT2D eigenvalue weighted by molar-refractivity contribution is 9.10. The van der Waals surface area contributed by atoms with Crippen molar-refractivity contribution in [1.29, 1.82) is 0 Å². The zero-order valence-corrected chi connectivity index (χ0v) is 11.2. The molecule has 0 fully saturated rings. The Bertz CT molecular complexity index is 394. The van der Waals surface area contributed by atoms with E-state index in [0.717, 1.165) is 0 Å². The molecule has 0 bridgehead atoms. The first-order valence-electron chi connectivity index (χ1n) is 4.46. The Labute approximate surface area is 105 Å². The molecule has 0 aliphatic heterocycles. The van der Waals surface area contributed by atoms with E-state index in [1.165, 1.54) is 18.4 Å². The Hall–Kier alpha value is -0.950. The number of thiazole rings is 1. The molecule has 0 saturated carbocycles. The van der Waals surface area contributed by atoms with Gasteiger partial charge in [0.05, 0.1) is 18.3 Å². The van der Waals surface area contributed by atoms with Crippen LogP contribution < -0.4 is 5.32 Å². The molecule has 1 amide bonds. The average Bonchev–Trinajstić information content (AvgIpc) is 2.70. The number of aryl methyl sites for hydroxylation is 1. The SMILES string of the molecule is COC(=O)C(Br)CNC(=O)c1scnc1C. The number of aromatic nitrogens is 1. The van der Waals surface area contributed by atoms with Crippen LogP contribution in [0.2, 0.25) is 0 Å². The molecular formula is C9H11BrN2O3S. The van der Waals surface area contributed by atoms with E-state index in [4.69, 9.17) is 0 Å². The van der Waals surface area contributed by atoms with Gasteiger partial charge in [-0.1, -0.05) is 15.9 Å². The average molecular weight is 307 g/mol. The minimum Gasteiger partial charge on any atom is -0.468 e. The third kappa shape index (κ3) is 3.28. The van der Waals surface area contributed by atoms with Crippen LogP contribution in [0.3, 0.4) is 0 Å². The Morgan fingerprint density at radius 3 is 2.88 bits per heavy atom. The number of ether oxygens (including phenoxy) is 1. The molecule has 7 heteroatoms. The van der Waals surface area contributed by atoms with Crippen molar-refractivity contribution in [3.63, 3.8) is 0 Å². The zero-order chi connectivity index (χ0) is 12.1. The molecule has 1 atom stereocenters. The van der Waals surface area contributed by atoms with Gasteiger partial charge in [-0.3, -0.25) is 9.59 Å². The van der Waals surface area contributed by atoms with Crippen LogP contribution in [0.5, 0.6) is 0 Å². The summed E-state index contributed by atoms with van der Waals surface area (Å²) < 4.78 is 4.51. The number of hydrogen-bond donors (Lipinski definition) is 1. The predicted molar refractivity (Wildman–Crippen MR) is 63.9 cm³/mol. The van der Waals surface area contributed by atoms with Crippen molar-refractivity contribution in [3.05, 3.63) is 16.1 Å². The van der Waals surface area contributed by atoms with Crippen molar-refractivity contribution in [2.45, 2.75) is 11.8 Å². The van der Waals surface area contributed by atoms with Gasteiger partial charge in [-0.05, 0) is 6.92 Å². The van der Waals surface area contributed by atoms with Crippen molar-refractivity contribution in [2.24, 2.45) is 0 Å². The van der Waals surface area contributed by atoms with Crippen LogP contribution in [0.4, 0.5) is 0 Å². The topological polar surface area (TPSA) is 68.3 Å². The summed E-state index contributed by atoms with van der Waals surface area (Å²) >= 11 is 4.38. The van der Waals surface area contributed by atoms with Crippen molar-refractivity contribution in [1.82, 2.24) is 10.3 Å². The fourth-order valence-electron chi connectivity index (χ4n) is 0.994. The summed E-state index contributed by atoms with van der Waals surface area (Å²) in [5.74, 6) is -0.644. The van der Waals surface area contributed by atoms with Gasteiger partial charge >= 0.3 is 5.97 Å².